The number of ether oxygens (including phenoxy) is 1. The zero-order valence-electron chi connectivity index (χ0n) is 10.9. The molecule has 1 aromatic rings. The van der Waals surface area contributed by atoms with E-state index in [1.165, 1.54) is 16.8 Å². The second-order valence-electron chi connectivity index (χ2n) is 4.91. The van der Waals surface area contributed by atoms with E-state index in [0.29, 0.717) is 6.42 Å². The average Bonchev–Trinajstić information content (AvgIpc) is 2.64. The molecule has 1 aromatic heterocycles. The van der Waals surface area contributed by atoms with Gasteiger partial charge >= 0.3 is 5.69 Å². The molecule has 1 aliphatic heterocycles. The first-order valence-corrected chi connectivity index (χ1v) is 6.23. The van der Waals surface area contributed by atoms with E-state index >= 15 is 0 Å². The zero-order chi connectivity index (χ0) is 14.2. The Hall–Kier alpha value is -1.44. The van der Waals surface area contributed by atoms with Crippen molar-refractivity contribution in [2.75, 3.05) is 6.61 Å². The minimum Gasteiger partial charge on any atom is -0.393 e. The molecule has 0 spiro atoms. The molecule has 19 heavy (non-hydrogen) atoms. The van der Waals surface area contributed by atoms with E-state index < -0.39 is 29.2 Å². The van der Waals surface area contributed by atoms with Crippen LogP contribution >= 0.6 is 0 Å². The largest absolute Gasteiger partial charge is 0.393 e. The third-order valence-corrected chi connectivity index (χ3v) is 3.83. The molecule has 7 nitrogen and oxygen atoms in total. The van der Waals surface area contributed by atoms with Crippen molar-refractivity contribution in [1.82, 2.24) is 9.55 Å². The molecule has 2 rings (SSSR count). The van der Waals surface area contributed by atoms with Gasteiger partial charge in [-0.2, -0.15) is 0 Å². The van der Waals surface area contributed by atoms with Crippen LogP contribution in [0.4, 0.5) is 0 Å². The Morgan fingerprint density at radius 2 is 2.21 bits per heavy atom. The number of nitrogens with zero attached hydrogens (tertiary/aromatic N) is 1. The molecule has 0 amide bonds. The van der Waals surface area contributed by atoms with Crippen molar-refractivity contribution in [3.05, 3.63) is 33.1 Å². The highest BCUT2D eigenvalue weighted by molar-refractivity contribution is 4.99. The normalized spacial score (nSPS) is 34.6. The first kappa shape index (κ1) is 14.0. The van der Waals surface area contributed by atoms with Crippen LogP contribution in [0.25, 0.3) is 0 Å². The molecular formula is C12H18N2O5. The predicted octanol–water partition coefficient (Wildman–Crippen LogP) is -0.796. The van der Waals surface area contributed by atoms with Crippen molar-refractivity contribution >= 4 is 0 Å². The lowest BCUT2D eigenvalue weighted by Crippen LogP contribution is -2.43. The molecule has 7 heteroatoms. The molecule has 0 aliphatic carbocycles. The summed E-state index contributed by atoms with van der Waals surface area (Å²) in [5.74, 6) is -0.379. The van der Waals surface area contributed by atoms with Crippen molar-refractivity contribution < 1.29 is 14.9 Å². The first-order valence-electron chi connectivity index (χ1n) is 6.23. The predicted molar refractivity (Wildman–Crippen MR) is 66.7 cm³/mol. The number of rotatable bonds is 3. The third kappa shape index (κ3) is 2.13. The fourth-order valence-electron chi connectivity index (χ4n) is 2.53. The standard InChI is InChI=1S/C12H18N2O5/c1-3-12(6-15)9(17)7(2)10(19-12)14-5-4-8(16)13-11(14)18/h4-5,7,9-10,15,17H,3,6H2,1-2H3,(H,13,16,18). The van der Waals surface area contributed by atoms with Gasteiger partial charge in [-0.1, -0.05) is 13.8 Å². The van der Waals surface area contributed by atoms with Crippen molar-refractivity contribution in [3.63, 3.8) is 0 Å². The van der Waals surface area contributed by atoms with Crippen LogP contribution in [0.5, 0.6) is 0 Å². The Bertz CT molecular complexity index is 560. The quantitative estimate of drug-likeness (QED) is 0.667. The average molecular weight is 270 g/mol. The summed E-state index contributed by atoms with van der Waals surface area (Å²) in [7, 11) is 0. The van der Waals surface area contributed by atoms with Gasteiger partial charge in [0.2, 0.25) is 0 Å². The minimum absolute atomic E-state index is 0.330. The molecule has 0 aromatic carbocycles. The Labute approximate surface area is 109 Å². The molecule has 0 bridgehead atoms. The second-order valence-corrected chi connectivity index (χ2v) is 4.91. The number of hydrogen-bond donors (Lipinski definition) is 3. The molecule has 1 saturated heterocycles. The van der Waals surface area contributed by atoms with Crippen LogP contribution < -0.4 is 11.2 Å². The van der Waals surface area contributed by atoms with Crippen LogP contribution in [0.1, 0.15) is 26.5 Å². The van der Waals surface area contributed by atoms with Gasteiger partial charge in [0.25, 0.3) is 5.56 Å². The molecule has 0 saturated carbocycles. The summed E-state index contributed by atoms with van der Waals surface area (Å²) in [6, 6.07) is 1.22. The van der Waals surface area contributed by atoms with Crippen LogP contribution in [-0.2, 0) is 4.74 Å². The molecule has 1 aliphatic rings. The van der Waals surface area contributed by atoms with Gasteiger partial charge < -0.3 is 14.9 Å². The van der Waals surface area contributed by atoms with E-state index in [0.717, 1.165) is 0 Å². The molecule has 2 heterocycles. The number of H-pyrrole nitrogens is 1. The highest BCUT2D eigenvalue weighted by Crippen LogP contribution is 2.42. The summed E-state index contributed by atoms with van der Waals surface area (Å²) >= 11 is 0. The van der Waals surface area contributed by atoms with Gasteiger partial charge in [0, 0.05) is 18.2 Å². The fraction of sp³-hybridized carbons (Fsp3) is 0.667. The van der Waals surface area contributed by atoms with Crippen LogP contribution in [0, 0.1) is 5.92 Å². The van der Waals surface area contributed by atoms with Gasteiger partial charge in [-0.3, -0.25) is 14.3 Å². The van der Waals surface area contributed by atoms with Gasteiger partial charge in [0.05, 0.1) is 12.7 Å². The van der Waals surface area contributed by atoms with Crippen LogP contribution in [0.3, 0.4) is 0 Å². The highest BCUT2D eigenvalue weighted by Gasteiger charge is 2.52. The van der Waals surface area contributed by atoms with E-state index in [9.17, 15) is 19.8 Å². The monoisotopic (exact) mass is 270 g/mol. The van der Waals surface area contributed by atoms with Gasteiger partial charge in [0.1, 0.15) is 11.8 Å². The summed E-state index contributed by atoms with van der Waals surface area (Å²) < 4.78 is 6.94. The van der Waals surface area contributed by atoms with Crippen LogP contribution in [0.2, 0.25) is 0 Å². The van der Waals surface area contributed by atoms with Gasteiger partial charge in [-0.05, 0) is 6.42 Å². The summed E-state index contributed by atoms with van der Waals surface area (Å²) in [5.41, 5.74) is -2.16. The van der Waals surface area contributed by atoms with Crippen molar-refractivity contribution in [3.8, 4) is 0 Å². The number of aromatic nitrogens is 2. The lowest BCUT2D eigenvalue weighted by Gasteiger charge is -2.28. The Balaban J connectivity index is 2.42. The minimum atomic E-state index is -1.07. The van der Waals surface area contributed by atoms with Crippen LogP contribution in [-0.4, -0.2) is 38.1 Å². The third-order valence-electron chi connectivity index (χ3n) is 3.83. The second kappa shape index (κ2) is 4.92. The van der Waals surface area contributed by atoms with E-state index in [2.05, 4.69) is 4.98 Å². The maximum atomic E-state index is 11.8. The van der Waals surface area contributed by atoms with E-state index in [1.807, 2.05) is 0 Å². The lowest BCUT2D eigenvalue weighted by molar-refractivity contribution is -0.130. The van der Waals surface area contributed by atoms with E-state index in [1.54, 1.807) is 13.8 Å². The molecule has 0 radical (unpaired) electrons. The van der Waals surface area contributed by atoms with E-state index in [4.69, 9.17) is 4.74 Å². The van der Waals surface area contributed by atoms with Crippen molar-refractivity contribution in [2.45, 2.75) is 38.2 Å². The summed E-state index contributed by atoms with van der Waals surface area (Å²) in [5, 5.41) is 19.7. The molecule has 3 N–H and O–H groups in total. The topological polar surface area (TPSA) is 105 Å². The Kier molecular flexibility index (Phi) is 3.62. The fourth-order valence-corrected chi connectivity index (χ4v) is 2.53. The Morgan fingerprint density at radius 3 is 2.68 bits per heavy atom. The smallest absolute Gasteiger partial charge is 0.330 e. The number of hydrogen-bond acceptors (Lipinski definition) is 5. The molecule has 106 valence electrons. The molecule has 1 fully saturated rings. The van der Waals surface area contributed by atoms with Crippen molar-refractivity contribution in [1.29, 1.82) is 0 Å². The molecule has 4 unspecified atom stereocenters. The van der Waals surface area contributed by atoms with E-state index in [-0.39, 0.29) is 12.5 Å². The SMILES string of the molecule is CCC1(CO)OC(n2ccc(=O)[nH]c2=O)C(C)C1O. The van der Waals surface area contributed by atoms with Gasteiger partial charge in [-0.15, -0.1) is 0 Å². The number of nitrogens with one attached hydrogen (secondary N) is 1. The summed E-state index contributed by atoms with van der Waals surface area (Å²) in [6.07, 6.45) is 0.152. The maximum absolute atomic E-state index is 11.8. The number of aliphatic hydroxyl groups excluding tert-OH is 2. The molecular weight excluding hydrogens is 252 g/mol. The maximum Gasteiger partial charge on any atom is 0.330 e. The van der Waals surface area contributed by atoms with Gasteiger partial charge in [-0.25, -0.2) is 4.79 Å². The lowest BCUT2D eigenvalue weighted by atomic mass is 9.89. The number of aromatic amines is 1. The van der Waals surface area contributed by atoms with Crippen LogP contribution in [0.15, 0.2) is 21.9 Å². The summed E-state index contributed by atoms with van der Waals surface area (Å²) in [6.45, 7) is 3.20. The highest BCUT2D eigenvalue weighted by atomic mass is 16.6. The van der Waals surface area contributed by atoms with Gasteiger partial charge in [0.15, 0.2) is 0 Å². The molecule has 4 atom stereocenters. The number of aliphatic hydroxyl groups is 2. The summed E-state index contributed by atoms with van der Waals surface area (Å²) in [4.78, 5) is 24.9. The van der Waals surface area contributed by atoms with Crippen molar-refractivity contribution in [2.24, 2.45) is 5.92 Å². The first-order chi connectivity index (χ1) is 8.95. The zero-order valence-corrected chi connectivity index (χ0v) is 10.9. The Morgan fingerprint density at radius 1 is 1.53 bits per heavy atom.